The van der Waals surface area contributed by atoms with Crippen LogP contribution in [0.5, 0.6) is 0 Å². The summed E-state index contributed by atoms with van der Waals surface area (Å²) >= 11 is 0. The molecule has 19 heavy (non-hydrogen) atoms. The number of hydrogen-bond acceptors (Lipinski definition) is 4. The number of aliphatic carboxylic acids is 1. The smallest absolute Gasteiger partial charge is 0.326 e. The number of carboxylic acid groups (broad SMARTS) is 1. The average Bonchev–Trinajstić information content (AvgIpc) is 2.34. The Kier molecular flexibility index (Phi) is 6.58. The zero-order valence-corrected chi connectivity index (χ0v) is 11.3. The molecule has 0 aromatic heterocycles. The van der Waals surface area contributed by atoms with E-state index in [0.29, 0.717) is 6.61 Å². The molecule has 1 rings (SSSR count). The summed E-state index contributed by atoms with van der Waals surface area (Å²) in [5, 5.41) is 14.2. The topological polar surface area (TPSA) is 96.9 Å². The predicted octanol–water partition coefficient (Wildman–Crippen LogP) is 0.343. The van der Waals surface area contributed by atoms with Crippen LogP contribution in [-0.4, -0.2) is 55.6 Å². The second-order valence-corrected chi connectivity index (χ2v) is 4.69. The molecule has 1 aliphatic heterocycles. The zero-order valence-electron chi connectivity index (χ0n) is 11.3. The van der Waals surface area contributed by atoms with Crippen LogP contribution in [-0.2, 0) is 14.3 Å². The van der Waals surface area contributed by atoms with Gasteiger partial charge in [-0.05, 0) is 19.8 Å². The number of carbonyl (C=O) groups is 2. The van der Waals surface area contributed by atoms with Crippen molar-refractivity contribution in [1.82, 2.24) is 10.6 Å². The molecule has 0 aromatic rings. The molecule has 0 radical (unpaired) electrons. The number of rotatable bonds is 6. The predicted molar refractivity (Wildman–Crippen MR) is 68.0 cm³/mol. The fourth-order valence-corrected chi connectivity index (χ4v) is 2.01. The van der Waals surface area contributed by atoms with Crippen molar-refractivity contribution in [2.75, 3.05) is 20.3 Å². The molecule has 0 bridgehead atoms. The lowest BCUT2D eigenvalue weighted by atomic mass is 10.0. The summed E-state index contributed by atoms with van der Waals surface area (Å²) in [5.74, 6) is -1.06. The van der Waals surface area contributed by atoms with Gasteiger partial charge in [-0.15, -0.1) is 0 Å². The van der Waals surface area contributed by atoms with E-state index in [0.717, 1.165) is 12.8 Å². The lowest BCUT2D eigenvalue weighted by Gasteiger charge is -2.28. The van der Waals surface area contributed by atoms with Gasteiger partial charge >= 0.3 is 12.0 Å². The second-order valence-electron chi connectivity index (χ2n) is 4.69. The van der Waals surface area contributed by atoms with Gasteiger partial charge in [-0.25, -0.2) is 9.59 Å². The SMILES string of the molecule is COCCC(NC(=O)NC1CCOC(C)C1)C(=O)O. The lowest BCUT2D eigenvalue weighted by Crippen LogP contribution is -2.51. The number of carbonyl (C=O) groups excluding carboxylic acids is 1. The molecule has 0 spiro atoms. The minimum absolute atomic E-state index is 0.0284. The molecule has 1 saturated heterocycles. The van der Waals surface area contributed by atoms with E-state index in [1.54, 1.807) is 0 Å². The second kappa shape index (κ2) is 7.96. The molecule has 2 amide bonds. The monoisotopic (exact) mass is 274 g/mol. The van der Waals surface area contributed by atoms with E-state index in [9.17, 15) is 9.59 Å². The van der Waals surface area contributed by atoms with Crippen LogP contribution in [0, 0.1) is 0 Å². The molecule has 1 heterocycles. The molecule has 0 aromatic carbocycles. The van der Waals surface area contributed by atoms with Gasteiger partial charge in [0.25, 0.3) is 0 Å². The molecule has 110 valence electrons. The molecule has 0 saturated carbocycles. The van der Waals surface area contributed by atoms with Crippen LogP contribution >= 0.6 is 0 Å². The van der Waals surface area contributed by atoms with Crippen LogP contribution in [0.25, 0.3) is 0 Å². The van der Waals surface area contributed by atoms with Crippen LogP contribution in [0.4, 0.5) is 4.79 Å². The van der Waals surface area contributed by atoms with E-state index >= 15 is 0 Å². The fourth-order valence-electron chi connectivity index (χ4n) is 2.01. The van der Waals surface area contributed by atoms with Crippen molar-refractivity contribution in [2.45, 2.75) is 44.4 Å². The lowest BCUT2D eigenvalue weighted by molar-refractivity contribution is -0.139. The van der Waals surface area contributed by atoms with E-state index in [1.807, 2.05) is 6.92 Å². The molecule has 7 heteroatoms. The summed E-state index contributed by atoms with van der Waals surface area (Å²) in [7, 11) is 1.49. The van der Waals surface area contributed by atoms with Crippen molar-refractivity contribution in [3.8, 4) is 0 Å². The van der Waals surface area contributed by atoms with E-state index in [4.69, 9.17) is 14.6 Å². The molecule has 3 N–H and O–H groups in total. The summed E-state index contributed by atoms with van der Waals surface area (Å²) in [6.07, 6.45) is 1.84. The number of urea groups is 1. The molecule has 3 atom stereocenters. The summed E-state index contributed by atoms with van der Waals surface area (Å²) < 4.78 is 10.2. The van der Waals surface area contributed by atoms with Gasteiger partial charge < -0.3 is 25.2 Å². The molecule has 7 nitrogen and oxygen atoms in total. The van der Waals surface area contributed by atoms with Gasteiger partial charge in [-0.2, -0.15) is 0 Å². The Morgan fingerprint density at radius 3 is 2.84 bits per heavy atom. The summed E-state index contributed by atoms with van der Waals surface area (Å²) in [5.41, 5.74) is 0. The Balaban J connectivity index is 2.37. The van der Waals surface area contributed by atoms with Gasteiger partial charge in [0.1, 0.15) is 6.04 Å². The van der Waals surface area contributed by atoms with Crippen molar-refractivity contribution < 1.29 is 24.2 Å². The maximum Gasteiger partial charge on any atom is 0.326 e. The Bertz CT molecular complexity index is 310. The Hall–Kier alpha value is -1.34. The molecule has 1 fully saturated rings. The van der Waals surface area contributed by atoms with Gasteiger partial charge in [-0.3, -0.25) is 0 Å². The molecule has 3 unspecified atom stereocenters. The maximum absolute atomic E-state index is 11.7. The first-order valence-corrected chi connectivity index (χ1v) is 6.43. The average molecular weight is 274 g/mol. The van der Waals surface area contributed by atoms with Gasteiger partial charge in [0.05, 0.1) is 6.10 Å². The van der Waals surface area contributed by atoms with Crippen molar-refractivity contribution in [3.05, 3.63) is 0 Å². The largest absolute Gasteiger partial charge is 0.480 e. The zero-order chi connectivity index (χ0) is 14.3. The standard InChI is InChI=1S/C12H22N2O5/c1-8-7-9(3-6-19-8)13-12(17)14-10(11(15)16)4-5-18-2/h8-10H,3-7H2,1-2H3,(H,15,16)(H2,13,14,17). The van der Waals surface area contributed by atoms with E-state index in [1.165, 1.54) is 7.11 Å². The van der Waals surface area contributed by atoms with Crippen LogP contribution < -0.4 is 10.6 Å². The number of hydrogen-bond donors (Lipinski definition) is 3. The quantitative estimate of drug-likeness (QED) is 0.649. The van der Waals surface area contributed by atoms with E-state index in [2.05, 4.69) is 10.6 Å². The normalized spacial score (nSPS) is 24.5. The highest BCUT2D eigenvalue weighted by Crippen LogP contribution is 2.12. The van der Waals surface area contributed by atoms with Crippen molar-refractivity contribution in [2.24, 2.45) is 0 Å². The number of ether oxygens (including phenoxy) is 2. The van der Waals surface area contributed by atoms with E-state index < -0.39 is 18.0 Å². The van der Waals surface area contributed by atoms with Gasteiger partial charge in [0.2, 0.25) is 0 Å². The Morgan fingerprint density at radius 1 is 1.53 bits per heavy atom. The molecular formula is C12H22N2O5. The Labute approximate surface area is 112 Å². The first kappa shape index (κ1) is 15.7. The van der Waals surface area contributed by atoms with Crippen molar-refractivity contribution >= 4 is 12.0 Å². The van der Waals surface area contributed by atoms with E-state index in [-0.39, 0.29) is 25.2 Å². The first-order chi connectivity index (χ1) is 9.02. The first-order valence-electron chi connectivity index (χ1n) is 6.43. The van der Waals surface area contributed by atoms with Crippen LogP contribution in [0.3, 0.4) is 0 Å². The van der Waals surface area contributed by atoms with Crippen LogP contribution in [0.15, 0.2) is 0 Å². The summed E-state index contributed by atoms with van der Waals surface area (Å²) in [6.45, 7) is 2.84. The third-order valence-corrected chi connectivity index (χ3v) is 3.03. The molecular weight excluding hydrogens is 252 g/mol. The number of methoxy groups -OCH3 is 1. The summed E-state index contributed by atoms with van der Waals surface area (Å²) in [4.78, 5) is 22.7. The number of carboxylic acids is 1. The third kappa shape index (κ3) is 5.89. The number of amides is 2. The third-order valence-electron chi connectivity index (χ3n) is 3.03. The van der Waals surface area contributed by atoms with Gasteiger partial charge in [-0.1, -0.05) is 0 Å². The van der Waals surface area contributed by atoms with Crippen molar-refractivity contribution in [1.29, 1.82) is 0 Å². The molecule has 0 aliphatic carbocycles. The Morgan fingerprint density at radius 2 is 2.26 bits per heavy atom. The highest BCUT2D eigenvalue weighted by molar-refractivity contribution is 5.82. The van der Waals surface area contributed by atoms with Crippen LogP contribution in [0.2, 0.25) is 0 Å². The van der Waals surface area contributed by atoms with Gasteiger partial charge in [0, 0.05) is 32.8 Å². The maximum atomic E-state index is 11.7. The summed E-state index contributed by atoms with van der Waals surface area (Å²) in [6, 6.07) is -1.36. The molecule has 1 aliphatic rings. The van der Waals surface area contributed by atoms with Crippen molar-refractivity contribution in [3.63, 3.8) is 0 Å². The fraction of sp³-hybridized carbons (Fsp3) is 0.833. The highest BCUT2D eigenvalue weighted by Gasteiger charge is 2.24. The minimum Gasteiger partial charge on any atom is -0.480 e. The number of nitrogens with one attached hydrogen (secondary N) is 2. The minimum atomic E-state index is -1.06. The van der Waals surface area contributed by atoms with Gasteiger partial charge in [0.15, 0.2) is 0 Å². The highest BCUT2D eigenvalue weighted by atomic mass is 16.5. The van der Waals surface area contributed by atoms with Crippen LogP contribution in [0.1, 0.15) is 26.2 Å².